The molecule has 1 aromatic heterocycles. The summed E-state index contributed by atoms with van der Waals surface area (Å²) in [6.45, 7) is 2.07. The second kappa shape index (κ2) is 7.53. The second-order valence-electron chi connectivity index (χ2n) is 5.60. The van der Waals surface area contributed by atoms with Crippen molar-refractivity contribution in [3.05, 3.63) is 69.9 Å². The number of benzene rings is 2. The summed E-state index contributed by atoms with van der Waals surface area (Å²) in [5.74, 6) is -0.698. The Morgan fingerprint density at radius 3 is 2.68 bits per heavy atom. The van der Waals surface area contributed by atoms with Crippen molar-refractivity contribution in [2.24, 2.45) is 0 Å². The van der Waals surface area contributed by atoms with Crippen molar-refractivity contribution < 1.29 is 14.0 Å². The average molecular weight is 401 g/mol. The fourth-order valence-corrected chi connectivity index (χ4v) is 3.01. The van der Waals surface area contributed by atoms with Gasteiger partial charge in [0.05, 0.1) is 18.2 Å². The van der Waals surface area contributed by atoms with Gasteiger partial charge in [-0.2, -0.15) is 0 Å². The van der Waals surface area contributed by atoms with Gasteiger partial charge in [-0.3, -0.25) is 20.4 Å². The van der Waals surface area contributed by atoms with Gasteiger partial charge >= 0.3 is 0 Å². The smallest absolute Gasteiger partial charge is 0.270 e. The van der Waals surface area contributed by atoms with Crippen LogP contribution in [0.25, 0.3) is 11.0 Å². The van der Waals surface area contributed by atoms with E-state index in [1.54, 1.807) is 24.5 Å². The minimum absolute atomic E-state index is 0.121. The van der Waals surface area contributed by atoms with E-state index in [4.69, 9.17) is 4.42 Å². The van der Waals surface area contributed by atoms with Crippen LogP contribution in [0.4, 0.5) is 0 Å². The van der Waals surface area contributed by atoms with Crippen LogP contribution in [0.15, 0.2) is 57.6 Å². The zero-order valence-electron chi connectivity index (χ0n) is 13.6. The largest absolute Gasteiger partial charge is 0.464 e. The highest BCUT2D eigenvalue weighted by molar-refractivity contribution is 9.10. The molecule has 0 unspecified atom stereocenters. The summed E-state index contributed by atoms with van der Waals surface area (Å²) in [6, 6.07) is 12.9. The summed E-state index contributed by atoms with van der Waals surface area (Å²) >= 11 is 3.31. The number of furan rings is 1. The highest BCUT2D eigenvalue weighted by Crippen LogP contribution is 2.23. The molecule has 0 spiro atoms. The highest BCUT2D eigenvalue weighted by Gasteiger charge is 2.13. The number of fused-ring (bicyclic) bond motifs is 1. The van der Waals surface area contributed by atoms with E-state index in [1.807, 2.05) is 24.3 Å². The van der Waals surface area contributed by atoms with E-state index in [1.165, 1.54) is 5.56 Å². The third kappa shape index (κ3) is 3.91. The Morgan fingerprint density at radius 1 is 1.12 bits per heavy atom. The zero-order chi connectivity index (χ0) is 17.8. The first kappa shape index (κ1) is 17.2. The summed E-state index contributed by atoms with van der Waals surface area (Å²) in [5.41, 5.74) is 8.03. The SMILES string of the molecule is CCc1ccc2occ(CC(=O)NNC(=O)c3ccccc3Br)c2c1. The van der Waals surface area contributed by atoms with E-state index in [0.717, 1.165) is 23.0 Å². The van der Waals surface area contributed by atoms with Crippen molar-refractivity contribution in [1.82, 2.24) is 10.9 Å². The van der Waals surface area contributed by atoms with Crippen LogP contribution in [0.3, 0.4) is 0 Å². The molecule has 0 aliphatic heterocycles. The molecule has 0 saturated heterocycles. The van der Waals surface area contributed by atoms with E-state index in [2.05, 4.69) is 33.7 Å². The molecule has 25 heavy (non-hydrogen) atoms. The van der Waals surface area contributed by atoms with Crippen LogP contribution < -0.4 is 10.9 Å². The van der Waals surface area contributed by atoms with Gasteiger partial charge in [-0.15, -0.1) is 0 Å². The third-order valence-corrected chi connectivity index (χ3v) is 4.60. The fourth-order valence-electron chi connectivity index (χ4n) is 2.54. The first-order valence-corrected chi connectivity index (χ1v) is 8.70. The predicted octanol–water partition coefficient (Wildman–Crippen LogP) is 3.76. The standard InChI is InChI=1S/C19H17BrN2O3/c1-2-12-7-8-17-15(9-12)13(11-25-17)10-18(23)21-22-19(24)14-5-3-4-6-16(14)20/h3-9,11H,2,10H2,1H3,(H,21,23)(H,22,24). The third-order valence-electron chi connectivity index (χ3n) is 3.91. The van der Waals surface area contributed by atoms with Crippen LogP contribution in [0.5, 0.6) is 0 Å². The molecule has 5 nitrogen and oxygen atoms in total. The van der Waals surface area contributed by atoms with E-state index in [0.29, 0.717) is 10.0 Å². The first-order valence-electron chi connectivity index (χ1n) is 7.91. The van der Waals surface area contributed by atoms with Crippen molar-refractivity contribution in [1.29, 1.82) is 0 Å². The molecule has 0 aliphatic rings. The number of rotatable bonds is 4. The van der Waals surface area contributed by atoms with Crippen molar-refractivity contribution in [2.45, 2.75) is 19.8 Å². The van der Waals surface area contributed by atoms with Gasteiger partial charge in [-0.05, 0) is 52.2 Å². The quantitative estimate of drug-likeness (QED) is 0.654. The number of hydrazine groups is 1. The van der Waals surface area contributed by atoms with Gasteiger partial charge in [0, 0.05) is 15.4 Å². The topological polar surface area (TPSA) is 71.3 Å². The Kier molecular flexibility index (Phi) is 5.19. The lowest BCUT2D eigenvalue weighted by atomic mass is 10.1. The van der Waals surface area contributed by atoms with Gasteiger partial charge in [0.2, 0.25) is 5.91 Å². The van der Waals surface area contributed by atoms with Crippen LogP contribution in [0, 0.1) is 0 Å². The van der Waals surface area contributed by atoms with Gasteiger partial charge < -0.3 is 4.42 Å². The van der Waals surface area contributed by atoms with Gasteiger partial charge in [-0.1, -0.05) is 25.1 Å². The van der Waals surface area contributed by atoms with Crippen LogP contribution in [0.1, 0.15) is 28.4 Å². The van der Waals surface area contributed by atoms with Gasteiger partial charge in [0.15, 0.2) is 0 Å². The number of amides is 2. The van der Waals surface area contributed by atoms with E-state index in [9.17, 15) is 9.59 Å². The number of carbonyl (C=O) groups excluding carboxylic acids is 2. The van der Waals surface area contributed by atoms with Gasteiger partial charge in [0.1, 0.15) is 5.58 Å². The maximum Gasteiger partial charge on any atom is 0.270 e. The Balaban J connectivity index is 1.65. The predicted molar refractivity (Wildman–Crippen MR) is 99.0 cm³/mol. The monoisotopic (exact) mass is 400 g/mol. The summed E-state index contributed by atoms with van der Waals surface area (Å²) < 4.78 is 6.15. The minimum Gasteiger partial charge on any atom is -0.464 e. The maximum absolute atomic E-state index is 12.2. The minimum atomic E-state index is -0.383. The Bertz CT molecular complexity index is 933. The number of carbonyl (C=O) groups is 2. The van der Waals surface area contributed by atoms with Gasteiger partial charge in [-0.25, -0.2) is 0 Å². The number of halogens is 1. The molecule has 0 fully saturated rings. The Hall–Kier alpha value is -2.60. The lowest BCUT2D eigenvalue weighted by molar-refractivity contribution is -0.121. The summed E-state index contributed by atoms with van der Waals surface area (Å²) in [6.07, 6.45) is 2.62. The first-order chi connectivity index (χ1) is 12.1. The highest BCUT2D eigenvalue weighted by atomic mass is 79.9. The van der Waals surface area contributed by atoms with E-state index in [-0.39, 0.29) is 18.2 Å². The molecule has 2 N–H and O–H groups in total. The molecule has 0 saturated carbocycles. The molecular weight excluding hydrogens is 384 g/mol. The second-order valence-corrected chi connectivity index (χ2v) is 6.46. The Morgan fingerprint density at radius 2 is 1.92 bits per heavy atom. The van der Waals surface area contributed by atoms with Crippen LogP contribution in [-0.2, 0) is 17.6 Å². The van der Waals surface area contributed by atoms with Crippen molar-refractivity contribution in [3.8, 4) is 0 Å². The number of hydrogen-bond donors (Lipinski definition) is 2. The van der Waals surface area contributed by atoms with Crippen molar-refractivity contribution in [2.75, 3.05) is 0 Å². The fraction of sp³-hybridized carbons (Fsp3) is 0.158. The lowest BCUT2D eigenvalue weighted by Crippen LogP contribution is -2.42. The molecule has 2 amide bonds. The van der Waals surface area contributed by atoms with Crippen molar-refractivity contribution in [3.63, 3.8) is 0 Å². The zero-order valence-corrected chi connectivity index (χ0v) is 15.2. The summed E-state index contributed by atoms with van der Waals surface area (Å²) in [7, 11) is 0. The molecule has 3 aromatic rings. The molecule has 0 radical (unpaired) electrons. The molecule has 0 bridgehead atoms. The lowest BCUT2D eigenvalue weighted by Gasteiger charge is -2.08. The molecule has 6 heteroatoms. The molecule has 0 aliphatic carbocycles. The number of nitrogens with one attached hydrogen (secondary N) is 2. The molecule has 1 heterocycles. The molecule has 0 atom stereocenters. The van der Waals surface area contributed by atoms with Gasteiger partial charge in [0.25, 0.3) is 5.91 Å². The van der Waals surface area contributed by atoms with Crippen LogP contribution >= 0.6 is 15.9 Å². The van der Waals surface area contributed by atoms with Crippen LogP contribution in [-0.4, -0.2) is 11.8 Å². The average Bonchev–Trinajstić information content (AvgIpc) is 3.02. The number of hydrogen-bond acceptors (Lipinski definition) is 3. The molecule has 2 aromatic carbocycles. The molecule has 3 rings (SSSR count). The Labute approximate surface area is 153 Å². The van der Waals surface area contributed by atoms with E-state index >= 15 is 0 Å². The summed E-state index contributed by atoms with van der Waals surface area (Å²) in [5, 5.41) is 0.923. The van der Waals surface area contributed by atoms with Crippen molar-refractivity contribution >= 4 is 38.7 Å². The van der Waals surface area contributed by atoms with Crippen LogP contribution in [0.2, 0.25) is 0 Å². The normalized spacial score (nSPS) is 10.6. The number of aryl methyl sites for hydroxylation is 1. The maximum atomic E-state index is 12.2. The van der Waals surface area contributed by atoms with E-state index < -0.39 is 0 Å². The molecule has 128 valence electrons. The molecular formula is C19H17BrN2O3. The summed E-state index contributed by atoms with van der Waals surface area (Å²) in [4.78, 5) is 24.2.